The minimum Gasteiger partial charge on any atom is -0.365 e. The molecular weight excluding hydrogens is 268 g/mol. The molecule has 102 valence electrons. The van der Waals surface area contributed by atoms with Crippen LogP contribution in [0.1, 0.15) is 17.2 Å². The number of halogens is 1. The number of benzene rings is 2. The highest BCUT2D eigenvalue weighted by molar-refractivity contribution is 6.30. The van der Waals surface area contributed by atoms with E-state index in [9.17, 15) is 0 Å². The topological polar surface area (TPSA) is 9.23 Å². The van der Waals surface area contributed by atoms with E-state index in [1.54, 1.807) is 6.08 Å². The Morgan fingerprint density at radius 1 is 1.05 bits per heavy atom. The quantitative estimate of drug-likeness (QED) is 0.654. The molecule has 1 atom stereocenters. The van der Waals surface area contributed by atoms with E-state index < -0.39 is 0 Å². The lowest BCUT2D eigenvalue weighted by molar-refractivity contribution is 0.111. The average molecular weight is 285 g/mol. The second-order valence-electron chi connectivity index (χ2n) is 4.36. The summed E-state index contributed by atoms with van der Waals surface area (Å²) in [5, 5.41) is 0.725. The fourth-order valence-corrected chi connectivity index (χ4v) is 1.98. The fraction of sp³-hybridized carbons (Fsp3) is 0.111. The van der Waals surface area contributed by atoms with Crippen LogP contribution < -0.4 is 0 Å². The predicted octanol–water partition coefficient (Wildman–Crippen LogP) is 5.30. The zero-order chi connectivity index (χ0) is 14.2. The third kappa shape index (κ3) is 4.37. The van der Waals surface area contributed by atoms with Crippen molar-refractivity contribution >= 4 is 17.7 Å². The van der Waals surface area contributed by atoms with Crippen molar-refractivity contribution < 1.29 is 4.74 Å². The van der Waals surface area contributed by atoms with Crippen molar-refractivity contribution in [2.45, 2.75) is 6.10 Å². The van der Waals surface area contributed by atoms with Gasteiger partial charge in [0.2, 0.25) is 0 Å². The van der Waals surface area contributed by atoms with Gasteiger partial charge < -0.3 is 4.74 Å². The van der Waals surface area contributed by atoms with E-state index in [1.165, 1.54) is 0 Å². The highest BCUT2D eigenvalue weighted by Gasteiger charge is 2.07. The van der Waals surface area contributed by atoms with Crippen molar-refractivity contribution in [3.05, 3.63) is 89.5 Å². The highest BCUT2D eigenvalue weighted by Crippen LogP contribution is 2.22. The molecular formula is C18H17ClO. The molecule has 2 aromatic rings. The van der Waals surface area contributed by atoms with E-state index in [0.29, 0.717) is 6.61 Å². The monoisotopic (exact) mass is 284 g/mol. The minimum atomic E-state index is -0.106. The maximum Gasteiger partial charge on any atom is 0.101 e. The van der Waals surface area contributed by atoms with Gasteiger partial charge in [0.15, 0.2) is 0 Å². The molecule has 0 radical (unpaired) electrons. The molecule has 0 aromatic heterocycles. The van der Waals surface area contributed by atoms with Gasteiger partial charge in [0.1, 0.15) is 6.10 Å². The third-order valence-corrected chi connectivity index (χ3v) is 3.11. The SMILES string of the molecule is C=CCO[C@@H](/C=C/c1ccccc1)c1ccc(Cl)cc1. The van der Waals surface area contributed by atoms with Crippen LogP contribution in [-0.4, -0.2) is 6.61 Å². The van der Waals surface area contributed by atoms with Gasteiger partial charge in [-0.2, -0.15) is 0 Å². The Bertz CT molecular complexity index is 558. The van der Waals surface area contributed by atoms with E-state index in [-0.39, 0.29) is 6.10 Å². The second-order valence-corrected chi connectivity index (χ2v) is 4.80. The molecule has 0 aliphatic carbocycles. The highest BCUT2D eigenvalue weighted by atomic mass is 35.5. The zero-order valence-corrected chi connectivity index (χ0v) is 12.0. The Balaban J connectivity index is 2.17. The van der Waals surface area contributed by atoms with E-state index in [2.05, 4.69) is 24.8 Å². The summed E-state index contributed by atoms with van der Waals surface area (Å²) < 4.78 is 5.79. The number of hydrogen-bond donors (Lipinski definition) is 0. The van der Waals surface area contributed by atoms with Gasteiger partial charge in [0.25, 0.3) is 0 Å². The maximum atomic E-state index is 5.92. The molecule has 0 heterocycles. The van der Waals surface area contributed by atoms with E-state index in [0.717, 1.165) is 16.1 Å². The molecule has 0 aliphatic rings. The number of rotatable bonds is 6. The van der Waals surface area contributed by atoms with Crippen LogP contribution in [0, 0.1) is 0 Å². The van der Waals surface area contributed by atoms with Crippen LogP contribution in [0.4, 0.5) is 0 Å². The van der Waals surface area contributed by atoms with E-state index in [1.807, 2.05) is 48.5 Å². The fourth-order valence-electron chi connectivity index (χ4n) is 1.85. The first kappa shape index (κ1) is 14.6. The van der Waals surface area contributed by atoms with Crippen LogP contribution in [0.3, 0.4) is 0 Å². The van der Waals surface area contributed by atoms with Crippen LogP contribution in [0.2, 0.25) is 5.02 Å². The van der Waals surface area contributed by atoms with Crippen molar-refractivity contribution in [2.24, 2.45) is 0 Å². The summed E-state index contributed by atoms with van der Waals surface area (Å²) in [5.74, 6) is 0. The molecule has 1 nitrogen and oxygen atoms in total. The molecule has 0 saturated heterocycles. The van der Waals surface area contributed by atoms with Gasteiger partial charge in [-0.25, -0.2) is 0 Å². The molecule has 0 saturated carbocycles. The Hall–Kier alpha value is -1.83. The number of hydrogen-bond acceptors (Lipinski definition) is 1. The second kappa shape index (κ2) is 7.68. The Kier molecular flexibility index (Phi) is 5.60. The van der Waals surface area contributed by atoms with Gasteiger partial charge in [-0.3, -0.25) is 0 Å². The van der Waals surface area contributed by atoms with Crippen molar-refractivity contribution in [1.29, 1.82) is 0 Å². The number of ether oxygens (including phenoxy) is 1. The average Bonchev–Trinajstić information content (AvgIpc) is 2.50. The zero-order valence-electron chi connectivity index (χ0n) is 11.2. The van der Waals surface area contributed by atoms with Crippen LogP contribution in [0.5, 0.6) is 0 Å². The minimum absolute atomic E-state index is 0.106. The first-order valence-electron chi connectivity index (χ1n) is 6.51. The molecule has 0 spiro atoms. The van der Waals surface area contributed by atoms with Gasteiger partial charge in [0, 0.05) is 5.02 Å². The summed E-state index contributed by atoms with van der Waals surface area (Å²) in [6.07, 6.45) is 5.74. The molecule has 0 aliphatic heterocycles. The van der Waals surface area contributed by atoms with Crippen LogP contribution in [0.25, 0.3) is 6.08 Å². The van der Waals surface area contributed by atoms with E-state index in [4.69, 9.17) is 16.3 Å². The van der Waals surface area contributed by atoms with Crippen LogP contribution in [-0.2, 0) is 4.74 Å². The summed E-state index contributed by atoms with van der Waals surface area (Å²) >= 11 is 5.92. The summed E-state index contributed by atoms with van der Waals surface area (Å²) in [6.45, 7) is 4.19. The third-order valence-electron chi connectivity index (χ3n) is 2.86. The maximum absolute atomic E-state index is 5.92. The molecule has 2 rings (SSSR count). The molecule has 0 bridgehead atoms. The lowest BCUT2D eigenvalue weighted by atomic mass is 10.1. The predicted molar refractivity (Wildman–Crippen MR) is 85.8 cm³/mol. The Morgan fingerprint density at radius 3 is 2.40 bits per heavy atom. The molecule has 0 amide bonds. The largest absolute Gasteiger partial charge is 0.365 e. The Labute approximate surface area is 125 Å². The molecule has 0 N–H and O–H groups in total. The first-order chi connectivity index (χ1) is 9.79. The summed E-state index contributed by atoms with van der Waals surface area (Å²) in [5.41, 5.74) is 2.22. The van der Waals surface area contributed by atoms with Crippen molar-refractivity contribution in [2.75, 3.05) is 6.61 Å². The van der Waals surface area contributed by atoms with Crippen molar-refractivity contribution in [3.8, 4) is 0 Å². The van der Waals surface area contributed by atoms with Crippen LogP contribution >= 0.6 is 11.6 Å². The molecule has 20 heavy (non-hydrogen) atoms. The Morgan fingerprint density at radius 2 is 1.75 bits per heavy atom. The van der Waals surface area contributed by atoms with Crippen LogP contribution in [0.15, 0.2) is 73.3 Å². The first-order valence-corrected chi connectivity index (χ1v) is 6.88. The molecule has 0 fully saturated rings. The lowest BCUT2D eigenvalue weighted by Gasteiger charge is -2.13. The van der Waals surface area contributed by atoms with Gasteiger partial charge in [-0.1, -0.05) is 72.3 Å². The normalized spacial score (nSPS) is 12.4. The van der Waals surface area contributed by atoms with Gasteiger partial charge in [0.05, 0.1) is 6.61 Å². The summed E-state index contributed by atoms with van der Waals surface area (Å²) in [6, 6.07) is 17.9. The van der Waals surface area contributed by atoms with Gasteiger partial charge in [-0.05, 0) is 23.3 Å². The molecule has 2 heteroatoms. The van der Waals surface area contributed by atoms with Gasteiger partial charge in [-0.15, -0.1) is 6.58 Å². The van der Waals surface area contributed by atoms with E-state index >= 15 is 0 Å². The summed E-state index contributed by atoms with van der Waals surface area (Å²) in [7, 11) is 0. The lowest BCUT2D eigenvalue weighted by Crippen LogP contribution is -2.01. The molecule has 2 aromatic carbocycles. The standard InChI is InChI=1S/C18H17ClO/c1-2-14-20-18(16-9-11-17(19)12-10-16)13-8-15-6-4-3-5-7-15/h2-13,18H,1,14H2/b13-8+/t18-/m0/s1. The van der Waals surface area contributed by atoms with Gasteiger partial charge >= 0.3 is 0 Å². The van der Waals surface area contributed by atoms with Crippen molar-refractivity contribution in [1.82, 2.24) is 0 Å². The smallest absolute Gasteiger partial charge is 0.101 e. The molecule has 0 unspecified atom stereocenters. The van der Waals surface area contributed by atoms with Crippen molar-refractivity contribution in [3.63, 3.8) is 0 Å². The summed E-state index contributed by atoms with van der Waals surface area (Å²) in [4.78, 5) is 0.